The summed E-state index contributed by atoms with van der Waals surface area (Å²) in [6.07, 6.45) is 0. The molecule has 0 atom stereocenters. The van der Waals surface area contributed by atoms with Gasteiger partial charge in [0.1, 0.15) is 16.7 Å². The highest BCUT2D eigenvalue weighted by molar-refractivity contribution is 14.1. The van der Waals surface area contributed by atoms with E-state index in [1.807, 2.05) is 0 Å². The zero-order valence-corrected chi connectivity index (χ0v) is 28.9. The van der Waals surface area contributed by atoms with Gasteiger partial charge in [-0.15, -0.1) is 0 Å². The van der Waals surface area contributed by atoms with Crippen molar-refractivity contribution in [2.24, 2.45) is 0 Å². The molecule has 0 N–H and O–H groups in total. The maximum Gasteiger partial charge on any atom is 0.150 e. The van der Waals surface area contributed by atoms with Crippen molar-refractivity contribution < 1.29 is 13.3 Å². The molecule has 0 aliphatic rings. The van der Waals surface area contributed by atoms with E-state index >= 15 is 0 Å². The SMILES string of the molecule is Ic1cc2oc3c(c2cc1I)c1oc2cc(I)c(I)cc2c1c1oc2cc(I)c(I)cc2c31. The summed E-state index contributed by atoms with van der Waals surface area (Å²) in [5.74, 6) is 0. The van der Waals surface area contributed by atoms with Crippen molar-refractivity contribution in [3.05, 3.63) is 57.8 Å². The van der Waals surface area contributed by atoms with Crippen LogP contribution in [0.25, 0.3) is 65.8 Å². The lowest BCUT2D eigenvalue weighted by Gasteiger charge is -1.98. The van der Waals surface area contributed by atoms with Crippen LogP contribution in [-0.2, 0) is 0 Å². The number of fused-ring (bicyclic) bond motifs is 12. The van der Waals surface area contributed by atoms with Crippen LogP contribution < -0.4 is 0 Å². The van der Waals surface area contributed by atoms with E-state index in [2.05, 4.69) is 172 Å². The lowest BCUT2D eigenvalue weighted by molar-refractivity contribution is 0.658. The predicted molar refractivity (Wildman–Crippen MR) is 185 cm³/mol. The molecule has 33 heavy (non-hydrogen) atoms. The first-order chi connectivity index (χ1) is 15.8. The van der Waals surface area contributed by atoms with Crippen LogP contribution in [0.3, 0.4) is 0 Å². The van der Waals surface area contributed by atoms with E-state index in [-0.39, 0.29) is 0 Å². The molecule has 0 amide bonds. The molecule has 3 heterocycles. The number of benzene rings is 4. The average molecular weight is 1100 g/mol. The molecule has 0 saturated heterocycles. The zero-order chi connectivity index (χ0) is 22.8. The van der Waals surface area contributed by atoms with Gasteiger partial charge < -0.3 is 13.3 Å². The van der Waals surface area contributed by atoms with Crippen molar-refractivity contribution in [2.45, 2.75) is 0 Å². The van der Waals surface area contributed by atoms with Gasteiger partial charge >= 0.3 is 0 Å². The maximum atomic E-state index is 6.55. The average Bonchev–Trinajstić information content (AvgIpc) is 3.41. The molecule has 0 aliphatic carbocycles. The second-order valence-electron chi connectivity index (χ2n) is 7.71. The smallest absolute Gasteiger partial charge is 0.150 e. The molecule has 0 bridgehead atoms. The van der Waals surface area contributed by atoms with Gasteiger partial charge in [0.2, 0.25) is 0 Å². The Kier molecular flexibility index (Phi) is 5.59. The van der Waals surface area contributed by atoms with Gasteiger partial charge in [-0.2, -0.15) is 0 Å². The molecule has 3 nitrogen and oxygen atoms in total. The Labute approximate surface area is 267 Å². The summed E-state index contributed by atoms with van der Waals surface area (Å²) < 4.78 is 26.7. The van der Waals surface area contributed by atoms with Gasteiger partial charge in [-0.3, -0.25) is 0 Å². The van der Waals surface area contributed by atoms with E-state index in [1.54, 1.807) is 0 Å². The molecule has 0 fully saturated rings. The van der Waals surface area contributed by atoms with Gasteiger partial charge in [0.25, 0.3) is 0 Å². The molecule has 0 spiro atoms. The Morgan fingerprint density at radius 3 is 0.879 bits per heavy atom. The van der Waals surface area contributed by atoms with Gasteiger partial charge in [0.05, 0.1) is 16.2 Å². The molecule has 4 aromatic carbocycles. The Morgan fingerprint density at radius 1 is 0.364 bits per heavy atom. The standard InChI is InChI=1S/C24H6I6O3/c25-10-1-7-16(4-13(10)28)31-22-19(7)23-21(8-2-11(26)14(29)5-17(8)32-23)24-20(22)9-3-12(27)15(30)6-18(9)33-24/h1-6H. The van der Waals surface area contributed by atoms with Crippen molar-refractivity contribution in [1.29, 1.82) is 0 Å². The van der Waals surface area contributed by atoms with E-state index in [4.69, 9.17) is 13.3 Å². The van der Waals surface area contributed by atoms with Crippen LogP contribution in [-0.4, -0.2) is 0 Å². The molecular formula is C24H6I6O3. The number of hydrogen-bond acceptors (Lipinski definition) is 3. The molecule has 0 saturated carbocycles. The third-order valence-corrected chi connectivity index (χ3v) is 14.3. The zero-order valence-electron chi connectivity index (χ0n) is 16.0. The lowest BCUT2D eigenvalue weighted by Crippen LogP contribution is -1.79. The van der Waals surface area contributed by atoms with Crippen LogP contribution in [0.1, 0.15) is 0 Å². The predicted octanol–water partition coefficient (Wildman–Crippen LogP) is 11.0. The first kappa shape index (κ1) is 22.8. The Hall–Kier alpha value is 0.660. The minimum atomic E-state index is 0.824. The fraction of sp³-hybridized carbons (Fsp3) is 0. The molecule has 0 unspecified atom stereocenters. The molecule has 9 heteroatoms. The minimum Gasteiger partial charge on any atom is -0.455 e. The van der Waals surface area contributed by atoms with Crippen molar-refractivity contribution in [3.8, 4) is 0 Å². The third-order valence-electron chi connectivity index (χ3n) is 5.87. The molecule has 162 valence electrons. The summed E-state index contributed by atoms with van der Waals surface area (Å²) in [5, 5.41) is 6.25. The normalized spacial score (nSPS) is 12.5. The first-order valence-electron chi connectivity index (χ1n) is 9.57. The van der Waals surface area contributed by atoms with E-state index in [0.29, 0.717) is 0 Å². The summed E-state index contributed by atoms with van der Waals surface area (Å²) in [6, 6.07) is 12.9. The number of hydrogen-bond donors (Lipinski definition) is 0. The number of rotatable bonds is 0. The molecule has 7 rings (SSSR count). The van der Waals surface area contributed by atoms with Crippen LogP contribution in [0.5, 0.6) is 0 Å². The summed E-state index contributed by atoms with van der Waals surface area (Å²) in [5.41, 5.74) is 5.06. The van der Waals surface area contributed by atoms with Crippen LogP contribution >= 0.6 is 136 Å². The third kappa shape index (κ3) is 3.29. The Bertz CT molecular complexity index is 1730. The molecular weight excluding hydrogens is 1100 g/mol. The van der Waals surface area contributed by atoms with Crippen molar-refractivity contribution in [3.63, 3.8) is 0 Å². The quantitative estimate of drug-likeness (QED) is 0.142. The summed E-state index contributed by atoms with van der Waals surface area (Å²) >= 11 is 14.2. The highest BCUT2D eigenvalue weighted by atomic mass is 127. The summed E-state index contributed by atoms with van der Waals surface area (Å²) in [4.78, 5) is 0. The second kappa shape index (κ2) is 8.08. The number of halogens is 6. The van der Waals surface area contributed by atoms with Gasteiger partial charge in [-0.1, -0.05) is 0 Å². The highest BCUT2D eigenvalue weighted by Crippen LogP contribution is 2.49. The van der Waals surface area contributed by atoms with E-state index in [1.165, 1.54) is 21.4 Å². The van der Waals surface area contributed by atoms with Crippen LogP contribution in [0, 0.1) is 21.4 Å². The Balaban J connectivity index is 1.87. The molecule has 3 aromatic heterocycles. The molecule has 0 radical (unpaired) electrons. The lowest BCUT2D eigenvalue weighted by atomic mass is 10.0. The van der Waals surface area contributed by atoms with Crippen molar-refractivity contribution in [2.75, 3.05) is 0 Å². The monoisotopic (exact) mass is 1100 g/mol. The number of furan rings is 3. The first-order valence-corrected chi connectivity index (χ1v) is 16.0. The minimum absolute atomic E-state index is 0.824. The van der Waals surface area contributed by atoms with Gasteiger partial charge in [-0.05, 0) is 172 Å². The van der Waals surface area contributed by atoms with Crippen LogP contribution in [0.4, 0.5) is 0 Å². The van der Waals surface area contributed by atoms with Crippen molar-refractivity contribution >= 4 is 201 Å². The maximum absolute atomic E-state index is 6.55. The van der Waals surface area contributed by atoms with Gasteiger partial charge in [0.15, 0.2) is 16.7 Å². The van der Waals surface area contributed by atoms with Gasteiger partial charge in [-0.25, -0.2) is 0 Å². The fourth-order valence-corrected chi connectivity index (χ4v) is 7.20. The summed E-state index contributed by atoms with van der Waals surface area (Å²) in [6.45, 7) is 0. The molecule has 7 aromatic rings. The second-order valence-corrected chi connectivity index (χ2v) is 14.7. The Morgan fingerprint density at radius 2 is 0.606 bits per heavy atom. The largest absolute Gasteiger partial charge is 0.455 e. The summed E-state index contributed by atoms with van der Waals surface area (Å²) in [7, 11) is 0. The van der Waals surface area contributed by atoms with E-state index < -0.39 is 0 Å². The van der Waals surface area contributed by atoms with Crippen molar-refractivity contribution in [1.82, 2.24) is 0 Å². The highest BCUT2D eigenvalue weighted by Gasteiger charge is 2.26. The molecule has 0 aliphatic heterocycles. The van der Waals surface area contributed by atoms with Crippen LogP contribution in [0.15, 0.2) is 49.6 Å². The topological polar surface area (TPSA) is 39.4 Å². The van der Waals surface area contributed by atoms with Gasteiger partial charge in [0, 0.05) is 37.6 Å². The van der Waals surface area contributed by atoms with E-state index in [0.717, 1.165) is 65.8 Å². The fourth-order valence-electron chi connectivity index (χ4n) is 4.48. The van der Waals surface area contributed by atoms with E-state index in [9.17, 15) is 0 Å². The van der Waals surface area contributed by atoms with Crippen LogP contribution in [0.2, 0.25) is 0 Å².